The third kappa shape index (κ3) is 7.33. The van der Waals surface area contributed by atoms with E-state index in [1.807, 2.05) is 37.3 Å². The minimum Gasteiger partial charge on any atom is -0.495 e. The highest BCUT2D eigenvalue weighted by Crippen LogP contribution is 2.35. The summed E-state index contributed by atoms with van der Waals surface area (Å²) in [4.78, 5) is 34.7. The fourth-order valence-corrected chi connectivity index (χ4v) is 5.01. The van der Waals surface area contributed by atoms with Crippen LogP contribution >= 0.6 is 11.8 Å². The van der Waals surface area contributed by atoms with Crippen LogP contribution in [0.1, 0.15) is 11.1 Å². The van der Waals surface area contributed by atoms with Gasteiger partial charge in [0.25, 0.3) is 0 Å². The molecule has 43 heavy (non-hydrogen) atoms. The van der Waals surface area contributed by atoms with Gasteiger partial charge in [-0.3, -0.25) is 9.69 Å². The van der Waals surface area contributed by atoms with Gasteiger partial charge < -0.3 is 14.2 Å². The quantitative estimate of drug-likeness (QED) is 0.240. The summed E-state index contributed by atoms with van der Waals surface area (Å²) in [5.74, 6) is 0.506. The number of methoxy groups -OCH3 is 1. The molecule has 10 nitrogen and oxygen atoms in total. The van der Waals surface area contributed by atoms with Crippen LogP contribution in [0.5, 0.6) is 11.5 Å². The van der Waals surface area contributed by atoms with E-state index in [4.69, 9.17) is 9.47 Å². The second-order valence-corrected chi connectivity index (χ2v) is 10.1. The Hall–Kier alpha value is -4.85. The Labute approximate surface area is 248 Å². The number of halogens is 3. The highest BCUT2D eigenvalue weighted by Gasteiger charge is 2.33. The van der Waals surface area contributed by atoms with E-state index < -0.39 is 12.5 Å². The molecule has 2 amide bonds. The molecule has 1 aromatic heterocycles. The maximum Gasteiger partial charge on any atom is 0.573 e. The van der Waals surface area contributed by atoms with Crippen LogP contribution < -0.4 is 14.4 Å². The number of anilines is 1. The van der Waals surface area contributed by atoms with E-state index >= 15 is 0 Å². The van der Waals surface area contributed by atoms with Crippen molar-refractivity contribution < 1.29 is 37.0 Å². The molecule has 0 radical (unpaired) electrons. The monoisotopic (exact) mass is 611 g/mol. The normalized spacial score (nSPS) is 14.3. The van der Waals surface area contributed by atoms with Crippen LogP contribution in [0.2, 0.25) is 0 Å². The number of aromatic nitrogens is 3. The van der Waals surface area contributed by atoms with Crippen LogP contribution in [0.25, 0.3) is 17.1 Å². The SMILES string of the molecule is COc1ccc(C)cc1N1C(=O)CS/C1=N\C(=O)OCCc1ccc(-c2ncn(-c3ccc(OC(F)(F)F)cc3)n2)cc1. The zero-order valence-corrected chi connectivity index (χ0v) is 23.7. The zero-order chi connectivity index (χ0) is 30.6. The van der Waals surface area contributed by atoms with Crippen LogP contribution in [-0.2, 0) is 16.0 Å². The van der Waals surface area contributed by atoms with Gasteiger partial charge in [0.1, 0.15) is 17.8 Å². The van der Waals surface area contributed by atoms with Crippen molar-refractivity contribution >= 4 is 34.6 Å². The van der Waals surface area contributed by atoms with Crippen molar-refractivity contribution in [3.05, 3.63) is 84.2 Å². The number of aryl methyl sites for hydroxylation is 1. The molecule has 14 heteroatoms. The third-order valence-electron chi connectivity index (χ3n) is 6.18. The summed E-state index contributed by atoms with van der Waals surface area (Å²) >= 11 is 1.15. The molecular weight excluding hydrogens is 587 g/mol. The molecule has 1 aliphatic heterocycles. The van der Waals surface area contributed by atoms with E-state index in [-0.39, 0.29) is 29.2 Å². The van der Waals surface area contributed by atoms with E-state index in [1.54, 1.807) is 12.1 Å². The number of alkyl halides is 3. The Morgan fingerprint density at radius 2 is 1.81 bits per heavy atom. The molecule has 3 aromatic carbocycles. The van der Waals surface area contributed by atoms with Gasteiger partial charge in [-0.05, 0) is 54.4 Å². The number of hydrogen-bond acceptors (Lipinski definition) is 8. The number of amidine groups is 1. The number of nitrogens with zero attached hydrogens (tertiary/aromatic N) is 5. The smallest absolute Gasteiger partial charge is 0.495 e. The molecule has 1 aliphatic rings. The molecule has 0 aliphatic carbocycles. The second kappa shape index (κ2) is 12.6. The van der Waals surface area contributed by atoms with Crippen molar-refractivity contribution in [1.82, 2.24) is 14.8 Å². The Morgan fingerprint density at radius 3 is 2.51 bits per heavy atom. The van der Waals surface area contributed by atoms with Crippen molar-refractivity contribution in [2.75, 3.05) is 24.4 Å². The molecule has 222 valence electrons. The molecule has 0 N–H and O–H groups in total. The zero-order valence-electron chi connectivity index (χ0n) is 22.9. The lowest BCUT2D eigenvalue weighted by molar-refractivity contribution is -0.274. The number of benzene rings is 3. The van der Waals surface area contributed by atoms with E-state index in [0.29, 0.717) is 29.4 Å². The fourth-order valence-electron chi connectivity index (χ4n) is 4.16. The largest absolute Gasteiger partial charge is 0.573 e. The molecule has 0 atom stereocenters. The fraction of sp³-hybridized carbons (Fsp3) is 0.207. The summed E-state index contributed by atoms with van der Waals surface area (Å²) in [7, 11) is 1.51. The average molecular weight is 612 g/mol. The Bertz CT molecular complexity index is 1660. The summed E-state index contributed by atoms with van der Waals surface area (Å²) in [6.07, 6.45) is -3.69. The molecule has 0 unspecified atom stereocenters. The number of carbonyl (C=O) groups excluding carboxylic acids is 2. The molecule has 4 aromatic rings. The first kappa shape index (κ1) is 29.6. The highest BCUT2D eigenvalue weighted by molar-refractivity contribution is 8.15. The molecule has 1 fully saturated rings. The first-order valence-electron chi connectivity index (χ1n) is 12.8. The van der Waals surface area contributed by atoms with E-state index in [0.717, 1.165) is 28.5 Å². The first-order valence-corrected chi connectivity index (χ1v) is 13.8. The Morgan fingerprint density at radius 1 is 1.07 bits per heavy atom. The molecule has 5 rings (SSSR count). The Kier molecular flexibility index (Phi) is 8.66. The summed E-state index contributed by atoms with van der Waals surface area (Å²) in [5, 5.41) is 4.61. The number of hydrogen-bond donors (Lipinski definition) is 0. The first-order chi connectivity index (χ1) is 20.6. The van der Waals surface area contributed by atoms with Crippen LogP contribution in [0.3, 0.4) is 0 Å². The molecule has 1 saturated heterocycles. The maximum absolute atomic E-state index is 12.6. The Balaban J connectivity index is 1.17. The van der Waals surface area contributed by atoms with Gasteiger partial charge in [0.15, 0.2) is 11.0 Å². The van der Waals surface area contributed by atoms with Crippen LogP contribution in [0, 0.1) is 6.92 Å². The minimum absolute atomic E-state index is 0.0717. The van der Waals surface area contributed by atoms with Crippen molar-refractivity contribution in [2.45, 2.75) is 19.7 Å². The summed E-state index contributed by atoms with van der Waals surface area (Å²) in [6.45, 7) is 1.96. The van der Waals surface area contributed by atoms with Gasteiger partial charge in [-0.25, -0.2) is 14.5 Å². The number of aliphatic imine (C=N–C) groups is 1. The van der Waals surface area contributed by atoms with Gasteiger partial charge in [0.2, 0.25) is 5.91 Å². The highest BCUT2D eigenvalue weighted by atomic mass is 32.2. The van der Waals surface area contributed by atoms with Gasteiger partial charge in [-0.1, -0.05) is 42.1 Å². The predicted octanol–water partition coefficient (Wildman–Crippen LogP) is 5.97. The predicted molar refractivity (Wildman–Crippen MR) is 154 cm³/mol. The number of amides is 2. The van der Waals surface area contributed by atoms with Gasteiger partial charge in [0.05, 0.1) is 30.8 Å². The third-order valence-corrected chi connectivity index (χ3v) is 7.11. The van der Waals surface area contributed by atoms with E-state index in [2.05, 4.69) is 19.8 Å². The van der Waals surface area contributed by atoms with Crippen molar-refractivity contribution in [1.29, 1.82) is 0 Å². The lowest BCUT2D eigenvalue weighted by atomic mass is 10.1. The number of thioether (sulfide) groups is 1. The molecule has 0 saturated carbocycles. The minimum atomic E-state index is -4.76. The van der Waals surface area contributed by atoms with E-state index in [9.17, 15) is 22.8 Å². The summed E-state index contributed by atoms with van der Waals surface area (Å²) < 4.78 is 53.2. The van der Waals surface area contributed by atoms with Crippen molar-refractivity contribution in [3.8, 4) is 28.6 Å². The lowest BCUT2D eigenvalue weighted by Gasteiger charge is -2.19. The second-order valence-electron chi connectivity index (χ2n) is 9.20. The maximum atomic E-state index is 12.6. The lowest BCUT2D eigenvalue weighted by Crippen LogP contribution is -2.30. The number of carbonyl (C=O) groups is 2. The summed E-state index contributed by atoms with van der Waals surface area (Å²) in [5.41, 5.74) is 3.55. The standard InChI is InChI=1S/C29H24F3N5O5S/c1-18-3-12-24(40-2)23(15-18)37-25(38)16-43-27(37)34-28(39)41-14-13-19-4-6-20(7-5-19)26-33-17-36(35-26)21-8-10-22(11-9-21)42-29(30,31)32/h3-12,15,17H,13-14,16H2,1-2H3/b34-27-. The summed E-state index contributed by atoms with van der Waals surface area (Å²) in [6, 6.07) is 18.0. The van der Waals surface area contributed by atoms with Gasteiger partial charge in [-0.2, -0.15) is 4.99 Å². The van der Waals surface area contributed by atoms with Crippen LogP contribution in [0.4, 0.5) is 23.7 Å². The molecule has 2 heterocycles. The van der Waals surface area contributed by atoms with Gasteiger partial charge >= 0.3 is 12.5 Å². The molecule has 0 bridgehead atoms. The van der Waals surface area contributed by atoms with E-state index in [1.165, 1.54) is 47.3 Å². The van der Waals surface area contributed by atoms with Gasteiger partial charge in [0, 0.05) is 12.0 Å². The molecular formula is C29H24F3N5O5S. The topological polar surface area (TPSA) is 108 Å². The number of ether oxygens (including phenoxy) is 3. The molecule has 0 spiro atoms. The van der Waals surface area contributed by atoms with Crippen molar-refractivity contribution in [2.24, 2.45) is 4.99 Å². The van der Waals surface area contributed by atoms with Crippen LogP contribution in [0.15, 0.2) is 78.0 Å². The average Bonchev–Trinajstić information content (AvgIpc) is 3.60. The van der Waals surface area contributed by atoms with Gasteiger partial charge in [-0.15, -0.1) is 18.3 Å². The number of rotatable bonds is 8. The van der Waals surface area contributed by atoms with Crippen molar-refractivity contribution in [3.63, 3.8) is 0 Å². The van der Waals surface area contributed by atoms with Crippen LogP contribution in [-0.4, -0.2) is 57.8 Å².